The van der Waals surface area contributed by atoms with Gasteiger partial charge in [-0.1, -0.05) is 6.07 Å². The summed E-state index contributed by atoms with van der Waals surface area (Å²) in [6.07, 6.45) is 3.43. The van der Waals surface area contributed by atoms with Crippen LogP contribution in [0.5, 0.6) is 0 Å². The summed E-state index contributed by atoms with van der Waals surface area (Å²) in [5, 5.41) is 4.03. The standard InChI is InChI=1S/C14H19N5O/c1-11(2)19(9-12-5-3-4-7-16-12)14(20)10-18-8-6-13(15)17-18/h3-8,11H,9-10H2,1-2H3,(H2,15,17). The number of pyridine rings is 1. The molecule has 2 N–H and O–H groups in total. The van der Waals surface area contributed by atoms with Crippen molar-refractivity contribution >= 4 is 11.7 Å². The third-order valence-electron chi connectivity index (χ3n) is 2.96. The van der Waals surface area contributed by atoms with Crippen molar-refractivity contribution in [1.82, 2.24) is 19.7 Å². The lowest BCUT2D eigenvalue weighted by atomic mass is 10.2. The van der Waals surface area contributed by atoms with Gasteiger partial charge in [0.1, 0.15) is 12.4 Å². The Balaban J connectivity index is 2.06. The van der Waals surface area contributed by atoms with E-state index in [0.29, 0.717) is 12.4 Å². The quantitative estimate of drug-likeness (QED) is 0.890. The van der Waals surface area contributed by atoms with E-state index in [0.717, 1.165) is 5.69 Å². The molecule has 1 amide bonds. The average Bonchev–Trinajstić information content (AvgIpc) is 2.82. The monoisotopic (exact) mass is 273 g/mol. The molecule has 0 aliphatic heterocycles. The number of nitrogens with zero attached hydrogens (tertiary/aromatic N) is 4. The number of carbonyl (C=O) groups excluding carboxylic acids is 1. The Morgan fingerprint density at radius 2 is 2.20 bits per heavy atom. The highest BCUT2D eigenvalue weighted by Crippen LogP contribution is 2.08. The number of anilines is 1. The van der Waals surface area contributed by atoms with Crippen molar-refractivity contribution in [2.75, 3.05) is 5.73 Å². The van der Waals surface area contributed by atoms with Gasteiger partial charge in [-0.3, -0.25) is 14.5 Å². The van der Waals surface area contributed by atoms with Crippen molar-refractivity contribution in [2.24, 2.45) is 0 Å². The largest absolute Gasteiger partial charge is 0.382 e. The number of hydrogen-bond donors (Lipinski definition) is 1. The number of aromatic nitrogens is 3. The zero-order valence-corrected chi connectivity index (χ0v) is 11.7. The summed E-state index contributed by atoms with van der Waals surface area (Å²) in [5.41, 5.74) is 6.42. The van der Waals surface area contributed by atoms with E-state index in [-0.39, 0.29) is 18.5 Å². The molecule has 6 heteroatoms. The minimum absolute atomic E-state index is 0.00578. The number of amides is 1. The van der Waals surface area contributed by atoms with Crippen molar-refractivity contribution in [3.05, 3.63) is 42.4 Å². The first kappa shape index (κ1) is 14.0. The average molecular weight is 273 g/mol. The summed E-state index contributed by atoms with van der Waals surface area (Å²) in [6, 6.07) is 7.45. The van der Waals surface area contributed by atoms with E-state index in [9.17, 15) is 4.79 Å². The molecule has 0 aromatic carbocycles. The molecular formula is C14H19N5O. The van der Waals surface area contributed by atoms with E-state index in [1.165, 1.54) is 0 Å². The summed E-state index contributed by atoms with van der Waals surface area (Å²) in [7, 11) is 0. The predicted octanol–water partition coefficient (Wildman–Crippen LogP) is 1.30. The Kier molecular flexibility index (Phi) is 4.34. The smallest absolute Gasteiger partial charge is 0.244 e. The van der Waals surface area contributed by atoms with Crippen LogP contribution in [0.25, 0.3) is 0 Å². The van der Waals surface area contributed by atoms with Gasteiger partial charge in [0.25, 0.3) is 0 Å². The molecule has 6 nitrogen and oxygen atoms in total. The van der Waals surface area contributed by atoms with Crippen LogP contribution in [-0.4, -0.2) is 31.6 Å². The Hall–Kier alpha value is -2.37. The van der Waals surface area contributed by atoms with E-state index in [1.54, 1.807) is 28.0 Å². The molecule has 20 heavy (non-hydrogen) atoms. The van der Waals surface area contributed by atoms with E-state index in [4.69, 9.17) is 5.73 Å². The highest BCUT2D eigenvalue weighted by atomic mass is 16.2. The molecule has 0 radical (unpaired) electrons. The Labute approximate surface area is 118 Å². The fraction of sp³-hybridized carbons (Fsp3) is 0.357. The summed E-state index contributed by atoms with van der Waals surface area (Å²) in [4.78, 5) is 18.4. The molecule has 0 aliphatic rings. The Morgan fingerprint density at radius 3 is 2.75 bits per heavy atom. The van der Waals surface area contributed by atoms with Crippen LogP contribution in [0, 0.1) is 0 Å². The van der Waals surface area contributed by atoms with Crippen LogP contribution in [0.2, 0.25) is 0 Å². The molecule has 2 rings (SSSR count). The molecule has 0 bridgehead atoms. The summed E-state index contributed by atoms with van der Waals surface area (Å²) in [6.45, 7) is 4.65. The van der Waals surface area contributed by atoms with Gasteiger partial charge >= 0.3 is 0 Å². The third kappa shape index (κ3) is 3.57. The van der Waals surface area contributed by atoms with Crippen LogP contribution in [0.3, 0.4) is 0 Å². The number of rotatable bonds is 5. The van der Waals surface area contributed by atoms with Crippen molar-refractivity contribution in [3.8, 4) is 0 Å². The van der Waals surface area contributed by atoms with Gasteiger partial charge in [0.2, 0.25) is 5.91 Å². The lowest BCUT2D eigenvalue weighted by molar-refractivity contribution is -0.134. The molecule has 0 saturated carbocycles. The van der Waals surface area contributed by atoms with Crippen LogP contribution in [0.15, 0.2) is 36.7 Å². The van der Waals surface area contributed by atoms with Gasteiger partial charge < -0.3 is 10.6 Å². The molecule has 2 aromatic heterocycles. The summed E-state index contributed by atoms with van der Waals surface area (Å²) >= 11 is 0. The molecule has 0 atom stereocenters. The summed E-state index contributed by atoms with van der Waals surface area (Å²) in [5.74, 6) is 0.410. The second kappa shape index (κ2) is 6.18. The van der Waals surface area contributed by atoms with Crippen LogP contribution in [0.1, 0.15) is 19.5 Å². The predicted molar refractivity (Wildman–Crippen MR) is 76.6 cm³/mol. The zero-order valence-electron chi connectivity index (χ0n) is 11.7. The fourth-order valence-corrected chi connectivity index (χ4v) is 1.92. The first-order valence-corrected chi connectivity index (χ1v) is 6.54. The zero-order chi connectivity index (χ0) is 14.5. The van der Waals surface area contributed by atoms with Gasteiger partial charge in [-0.25, -0.2) is 0 Å². The topological polar surface area (TPSA) is 77.0 Å². The minimum atomic E-state index is -0.00578. The van der Waals surface area contributed by atoms with Crippen molar-refractivity contribution in [1.29, 1.82) is 0 Å². The summed E-state index contributed by atoms with van der Waals surface area (Å²) < 4.78 is 1.55. The van der Waals surface area contributed by atoms with Crippen LogP contribution in [0.4, 0.5) is 5.82 Å². The molecular weight excluding hydrogens is 254 g/mol. The van der Waals surface area contributed by atoms with E-state index < -0.39 is 0 Å². The second-order valence-electron chi connectivity index (χ2n) is 4.87. The second-order valence-corrected chi connectivity index (χ2v) is 4.87. The minimum Gasteiger partial charge on any atom is -0.382 e. The molecule has 106 valence electrons. The lowest BCUT2D eigenvalue weighted by Crippen LogP contribution is -2.38. The first-order valence-electron chi connectivity index (χ1n) is 6.54. The van der Waals surface area contributed by atoms with Gasteiger partial charge in [0.05, 0.1) is 12.2 Å². The molecule has 0 unspecified atom stereocenters. The molecule has 0 aliphatic carbocycles. The number of hydrogen-bond acceptors (Lipinski definition) is 4. The molecule has 0 spiro atoms. The maximum Gasteiger partial charge on any atom is 0.244 e. The highest BCUT2D eigenvalue weighted by Gasteiger charge is 2.18. The Morgan fingerprint density at radius 1 is 1.40 bits per heavy atom. The fourth-order valence-electron chi connectivity index (χ4n) is 1.92. The Bertz CT molecular complexity index is 564. The SMILES string of the molecule is CC(C)N(Cc1ccccn1)C(=O)Cn1ccc(N)n1. The third-order valence-corrected chi connectivity index (χ3v) is 2.96. The van der Waals surface area contributed by atoms with Gasteiger partial charge in [-0.05, 0) is 32.0 Å². The van der Waals surface area contributed by atoms with Crippen molar-refractivity contribution in [2.45, 2.75) is 33.0 Å². The van der Waals surface area contributed by atoms with Gasteiger partial charge in [0, 0.05) is 18.4 Å². The van der Waals surface area contributed by atoms with Crippen LogP contribution < -0.4 is 5.73 Å². The van der Waals surface area contributed by atoms with Gasteiger partial charge in [-0.15, -0.1) is 0 Å². The van der Waals surface area contributed by atoms with Crippen LogP contribution >= 0.6 is 0 Å². The van der Waals surface area contributed by atoms with E-state index in [1.807, 2.05) is 32.0 Å². The van der Waals surface area contributed by atoms with Crippen LogP contribution in [-0.2, 0) is 17.9 Å². The number of nitrogens with two attached hydrogens (primary N) is 1. The molecule has 2 heterocycles. The number of carbonyl (C=O) groups is 1. The van der Waals surface area contributed by atoms with Crippen molar-refractivity contribution in [3.63, 3.8) is 0 Å². The highest BCUT2D eigenvalue weighted by molar-refractivity contribution is 5.76. The van der Waals surface area contributed by atoms with Gasteiger partial charge in [0.15, 0.2) is 0 Å². The van der Waals surface area contributed by atoms with E-state index >= 15 is 0 Å². The van der Waals surface area contributed by atoms with Crippen molar-refractivity contribution < 1.29 is 4.79 Å². The van der Waals surface area contributed by atoms with E-state index in [2.05, 4.69) is 10.1 Å². The lowest BCUT2D eigenvalue weighted by Gasteiger charge is -2.26. The maximum atomic E-state index is 12.4. The maximum absolute atomic E-state index is 12.4. The normalized spacial score (nSPS) is 10.8. The van der Waals surface area contributed by atoms with Gasteiger partial charge in [-0.2, -0.15) is 5.10 Å². The number of nitrogen functional groups attached to an aromatic ring is 1. The molecule has 2 aromatic rings. The first-order chi connectivity index (χ1) is 9.56. The molecule has 0 fully saturated rings. The molecule has 0 saturated heterocycles.